The summed E-state index contributed by atoms with van der Waals surface area (Å²) >= 11 is 0. The van der Waals surface area contributed by atoms with Gasteiger partial charge in [0.1, 0.15) is 0 Å². The summed E-state index contributed by atoms with van der Waals surface area (Å²) < 4.78 is 16.1. The molecule has 2 heterocycles. The Kier molecular flexibility index (Phi) is 7.37. The van der Waals surface area contributed by atoms with Crippen LogP contribution >= 0.6 is 12.4 Å². The molecule has 2 aliphatic rings. The maximum atomic E-state index is 12.8. The van der Waals surface area contributed by atoms with Crippen LogP contribution in [-0.2, 0) is 9.59 Å². The van der Waals surface area contributed by atoms with Crippen molar-refractivity contribution >= 4 is 29.9 Å². The van der Waals surface area contributed by atoms with Crippen LogP contribution in [0, 0.1) is 5.92 Å². The minimum atomic E-state index is -0.342. The number of methoxy groups -OCH3 is 3. The second-order valence-electron chi connectivity index (χ2n) is 6.95. The van der Waals surface area contributed by atoms with Gasteiger partial charge < -0.3 is 29.7 Å². The normalized spacial score (nSPS) is 20.0. The summed E-state index contributed by atoms with van der Waals surface area (Å²) in [6.45, 7) is 1.67. The second kappa shape index (κ2) is 9.34. The molecule has 2 saturated heterocycles. The van der Waals surface area contributed by atoms with Crippen molar-refractivity contribution in [3.63, 3.8) is 0 Å². The summed E-state index contributed by atoms with van der Waals surface area (Å²) in [4.78, 5) is 28.9. The molecular formula is C19H28ClN3O5. The molecule has 9 heteroatoms. The van der Waals surface area contributed by atoms with Crippen molar-refractivity contribution in [1.82, 2.24) is 4.90 Å². The third-order valence-electron chi connectivity index (χ3n) is 5.29. The zero-order chi connectivity index (χ0) is 19.6. The van der Waals surface area contributed by atoms with E-state index in [9.17, 15) is 9.59 Å². The number of nitrogens with zero attached hydrogens (tertiary/aromatic N) is 2. The molecule has 0 radical (unpaired) electrons. The van der Waals surface area contributed by atoms with Gasteiger partial charge in [0.15, 0.2) is 11.5 Å². The van der Waals surface area contributed by atoms with Crippen LogP contribution in [0.15, 0.2) is 12.1 Å². The van der Waals surface area contributed by atoms with Gasteiger partial charge in [-0.2, -0.15) is 0 Å². The Morgan fingerprint density at radius 1 is 1.07 bits per heavy atom. The number of anilines is 1. The number of carbonyl (C=O) groups excluding carboxylic acids is 2. The molecule has 1 aromatic rings. The first-order valence-electron chi connectivity index (χ1n) is 9.13. The zero-order valence-corrected chi connectivity index (χ0v) is 17.3. The fraction of sp³-hybridized carbons (Fsp3) is 0.579. The smallest absolute Gasteiger partial charge is 0.228 e. The van der Waals surface area contributed by atoms with E-state index in [-0.39, 0.29) is 42.6 Å². The van der Waals surface area contributed by atoms with Gasteiger partial charge in [0.2, 0.25) is 17.6 Å². The van der Waals surface area contributed by atoms with Gasteiger partial charge in [0.05, 0.1) is 32.9 Å². The highest BCUT2D eigenvalue weighted by Gasteiger charge is 2.38. The lowest BCUT2D eigenvalue weighted by molar-refractivity contribution is -0.136. The first kappa shape index (κ1) is 22.1. The van der Waals surface area contributed by atoms with Crippen LogP contribution in [0.5, 0.6) is 17.2 Å². The van der Waals surface area contributed by atoms with E-state index in [0.29, 0.717) is 42.6 Å². The molecule has 8 nitrogen and oxygen atoms in total. The summed E-state index contributed by atoms with van der Waals surface area (Å²) in [5.74, 6) is 1.01. The number of carbonyl (C=O) groups is 2. The molecule has 1 atom stereocenters. The third kappa shape index (κ3) is 4.28. The average molecular weight is 414 g/mol. The molecule has 1 aromatic carbocycles. The molecule has 1 unspecified atom stereocenters. The molecule has 28 heavy (non-hydrogen) atoms. The number of likely N-dealkylation sites (tertiary alicyclic amines) is 1. The number of piperidine rings is 1. The van der Waals surface area contributed by atoms with E-state index >= 15 is 0 Å². The molecular weight excluding hydrogens is 386 g/mol. The van der Waals surface area contributed by atoms with Crippen molar-refractivity contribution in [3.05, 3.63) is 12.1 Å². The largest absolute Gasteiger partial charge is 0.493 e. The lowest BCUT2D eigenvalue weighted by atomic mass is 10.0. The average Bonchev–Trinajstić information content (AvgIpc) is 3.08. The van der Waals surface area contributed by atoms with Crippen LogP contribution in [0.1, 0.15) is 19.3 Å². The van der Waals surface area contributed by atoms with E-state index in [1.54, 1.807) is 17.0 Å². The van der Waals surface area contributed by atoms with Crippen LogP contribution in [0.2, 0.25) is 0 Å². The van der Waals surface area contributed by atoms with Crippen LogP contribution in [0.3, 0.4) is 0 Å². The van der Waals surface area contributed by atoms with Gasteiger partial charge in [-0.3, -0.25) is 9.59 Å². The summed E-state index contributed by atoms with van der Waals surface area (Å²) in [5.41, 5.74) is 6.54. The number of rotatable bonds is 5. The highest BCUT2D eigenvalue weighted by Crippen LogP contribution is 2.42. The Morgan fingerprint density at radius 2 is 1.64 bits per heavy atom. The quantitative estimate of drug-likeness (QED) is 0.784. The molecule has 2 fully saturated rings. The van der Waals surface area contributed by atoms with Crippen molar-refractivity contribution < 1.29 is 23.8 Å². The van der Waals surface area contributed by atoms with Crippen LogP contribution in [-0.4, -0.2) is 63.7 Å². The summed E-state index contributed by atoms with van der Waals surface area (Å²) in [6, 6.07) is 3.62. The zero-order valence-electron chi connectivity index (χ0n) is 16.5. The van der Waals surface area contributed by atoms with E-state index in [2.05, 4.69) is 0 Å². The molecule has 0 aromatic heterocycles. The van der Waals surface area contributed by atoms with E-state index in [4.69, 9.17) is 19.9 Å². The number of nitrogens with two attached hydrogens (primary N) is 1. The Labute approximate surface area is 171 Å². The number of amides is 2. The molecule has 0 aliphatic carbocycles. The molecule has 2 N–H and O–H groups in total. The molecule has 2 aliphatic heterocycles. The van der Waals surface area contributed by atoms with Crippen molar-refractivity contribution in [2.45, 2.75) is 25.3 Å². The minimum Gasteiger partial charge on any atom is -0.493 e. The molecule has 0 spiro atoms. The topological polar surface area (TPSA) is 94.3 Å². The Balaban J connectivity index is 0.00000280. The van der Waals surface area contributed by atoms with Gasteiger partial charge in [-0.25, -0.2) is 0 Å². The predicted molar refractivity (Wildman–Crippen MR) is 108 cm³/mol. The van der Waals surface area contributed by atoms with Crippen LogP contribution < -0.4 is 24.8 Å². The number of benzene rings is 1. The van der Waals surface area contributed by atoms with Gasteiger partial charge in [-0.15, -0.1) is 12.4 Å². The van der Waals surface area contributed by atoms with Gasteiger partial charge in [-0.05, 0) is 12.8 Å². The summed E-state index contributed by atoms with van der Waals surface area (Å²) in [7, 11) is 4.58. The van der Waals surface area contributed by atoms with Gasteiger partial charge in [0, 0.05) is 44.2 Å². The fourth-order valence-electron chi connectivity index (χ4n) is 3.72. The predicted octanol–water partition coefficient (Wildman–Crippen LogP) is 1.44. The summed E-state index contributed by atoms with van der Waals surface area (Å²) in [5, 5.41) is 0. The van der Waals surface area contributed by atoms with Gasteiger partial charge in [-0.1, -0.05) is 0 Å². The third-order valence-corrected chi connectivity index (χ3v) is 5.29. The standard InChI is InChI=1S/C19H27N3O5.ClH/c1-25-15-9-14(10-16(26-2)18(15)27-3)22-11-12(8-17(22)23)19(24)21-6-4-13(20)5-7-21;/h9-10,12-13H,4-8,11,20H2,1-3H3;1H. The Bertz CT molecular complexity index is 697. The second-order valence-corrected chi connectivity index (χ2v) is 6.95. The SMILES string of the molecule is COc1cc(N2CC(C(=O)N3CCC(N)CC3)CC2=O)cc(OC)c1OC.Cl. The lowest BCUT2D eigenvalue weighted by Crippen LogP contribution is -2.45. The summed E-state index contributed by atoms with van der Waals surface area (Å²) in [6.07, 6.45) is 1.82. The molecule has 156 valence electrons. The van der Waals surface area contributed by atoms with E-state index in [1.807, 2.05) is 4.90 Å². The van der Waals surface area contributed by atoms with Gasteiger partial charge in [0.25, 0.3) is 0 Å². The molecule has 2 amide bonds. The van der Waals surface area contributed by atoms with Crippen LogP contribution in [0.4, 0.5) is 5.69 Å². The number of halogens is 1. The lowest BCUT2D eigenvalue weighted by Gasteiger charge is -2.32. The van der Waals surface area contributed by atoms with E-state index in [0.717, 1.165) is 12.8 Å². The molecule has 3 rings (SSSR count). The van der Waals surface area contributed by atoms with Crippen molar-refractivity contribution in [3.8, 4) is 17.2 Å². The van der Waals surface area contributed by atoms with Crippen molar-refractivity contribution in [2.75, 3.05) is 45.9 Å². The first-order valence-corrected chi connectivity index (χ1v) is 9.13. The Morgan fingerprint density at radius 3 is 2.14 bits per heavy atom. The highest BCUT2D eigenvalue weighted by molar-refractivity contribution is 6.00. The molecule has 0 saturated carbocycles. The highest BCUT2D eigenvalue weighted by atomic mass is 35.5. The fourth-order valence-corrected chi connectivity index (χ4v) is 3.72. The number of hydrogen-bond donors (Lipinski definition) is 1. The van der Waals surface area contributed by atoms with Crippen molar-refractivity contribution in [1.29, 1.82) is 0 Å². The van der Waals surface area contributed by atoms with E-state index < -0.39 is 0 Å². The Hall–Kier alpha value is -2.19. The maximum Gasteiger partial charge on any atom is 0.228 e. The number of hydrogen-bond acceptors (Lipinski definition) is 6. The van der Waals surface area contributed by atoms with Gasteiger partial charge >= 0.3 is 0 Å². The van der Waals surface area contributed by atoms with E-state index in [1.165, 1.54) is 21.3 Å². The maximum absolute atomic E-state index is 12.8. The minimum absolute atomic E-state index is 0. The monoisotopic (exact) mass is 413 g/mol. The first-order chi connectivity index (χ1) is 13.0. The number of ether oxygens (including phenoxy) is 3. The molecule has 0 bridgehead atoms. The van der Waals surface area contributed by atoms with Crippen molar-refractivity contribution in [2.24, 2.45) is 11.7 Å². The van der Waals surface area contributed by atoms with Crippen LogP contribution in [0.25, 0.3) is 0 Å².